The van der Waals surface area contributed by atoms with Gasteiger partial charge in [0.05, 0.1) is 21.8 Å². The van der Waals surface area contributed by atoms with Crippen LogP contribution in [0.4, 0.5) is 0 Å². The average molecular weight is 318 g/mol. The Labute approximate surface area is 109 Å². The van der Waals surface area contributed by atoms with Gasteiger partial charge in [-0.05, 0) is 32.0 Å². The summed E-state index contributed by atoms with van der Waals surface area (Å²) in [7, 11) is -3.69. The maximum absolute atomic E-state index is 12.0. The Morgan fingerprint density at radius 3 is 2.53 bits per heavy atom. The van der Waals surface area contributed by atoms with Crippen LogP contribution in [0.5, 0.6) is 0 Å². The number of nitriles is 1. The lowest BCUT2D eigenvalue weighted by Gasteiger charge is -2.17. The zero-order valence-corrected chi connectivity index (χ0v) is 11.8. The van der Waals surface area contributed by atoms with Crippen molar-refractivity contribution >= 4 is 25.8 Å². The fourth-order valence-electron chi connectivity index (χ4n) is 1.39. The summed E-state index contributed by atoms with van der Waals surface area (Å²) >= 11 is 3.16. The highest BCUT2D eigenvalue weighted by molar-refractivity contribution is 9.10. The van der Waals surface area contributed by atoms with Gasteiger partial charge in [0.2, 0.25) is 0 Å². The molecule has 1 aromatic rings. The summed E-state index contributed by atoms with van der Waals surface area (Å²) < 4.78 is 24.7. The molecular formula is C11H12BrNO3S. The molecule has 0 aromatic heterocycles. The van der Waals surface area contributed by atoms with Crippen molar-refractivity contribution in [3.63, 3.8) is 0 Å². The maximum Gasteiger partial charge on any atom is 0.182 e. The molecule has 0 aliphatic heterocycles. The molecule has 0 bridgehead atoms. The molecule has 0 amide bonds. The molecule has 0 saturated carbocycles. The summed E-state index contributed by atoms with van der Waals surface area (Å²) in [6, 6.07) is 6.24. The number of sulfone groups is 1. The Morgan fingerprint density at radius 2 is 2.06 bits per heavy atom. The summed E-state index contributed by atoms with van der Waals surface area (Å²) in [5.74, 6) is -0.425. The fraction of sp³-hybridized carbons (Fsp3) is 0.364. The van der Waals surface area contributed by atoms with Crippen molar-refractivity contribution in [3.8, 4) is 6.07 Å². The Balaban J connectivity index is 3.34. The molecule has 17 heavy (non-hydrogen) atoms. The van der Waals surface area contributed by atoms with Gasteiger partial charge in [0.1, 0.15) is 6.07 Å². The van der Waals surface area contributed by atoms with Crippen LogP contribution in [0.15, 0.2) is 27.6 Å². The molecule has 1 aromatic carbocycles. The van der Waals surface area contributed by atoms with Gasteiger partial charge < -0.3 is 5.11 Å². The molecule has 0 atom stereocenters. The molecule has 0 aliphatic rings. The van der Waals surface area contributed by atoms with E-state index in [-0.39, 0.29) is 10.5 Å². The molecule has 0 saturated heterocycles. The third kappa shape index (κ3) is 3.80. The first kappa shape index (κ1) is 14.2. The molecule has 0 radical (unpaired) electrons. The lowest BCUT2D eigenvalue weighted by molar-refractivity contribution is 0.105. The van der Waals surface area contributed by atoms with Crippen LogP contribution >= 0.6 is 15.9 Å². The van der Waals surface area contributed by atoms with Crippen LogP contribution in [0.1, 0.15) is 19.4 Å². The van der Waals surface area contributed by atoms with E-state index in [1.165, 1.54) is 26.0 Å². The predicted molar refractivity (Wildman–Crippen MR) is 67.2 cm³/mol. The van der Waals surface area contributed by atoms with Gasteiger partial charge in [-0.1, -0.05) is 15.9 Å². The number of nitrogens with zero attached hydrogens (tertiary/aromatic N) is 1. The van der Waals surface area contributed by atoms with Crippen LogP contribution in [-0.4, -0.2) is 24.9 Å². The molecule has 0 unspecified atom stereocenters. The smallest absolute Gasteiger partial charge is 0.182 e. The summed E-state index contributed by atoms with van der Waals surface area (Å²) in [4.78, 5) is -0.0588. The highest BCUT2D eigenvalue weighted by Gasteiger charge is 2.27. The van der Waals surface area contributed by atoms with Crippen molar-refractivity contribution in [2.45, 2.75) is 24.3 Å². The van der Waals surface area contributed by atoms with E-state index in [1.807, 2.05) is 6.07 Å². The van der Waals surface area contributed by atoms with Crippen LogP contribution < -0.4 is 0 Å². The Kier molecular flexibility index (Phi) is 3.97. The predicted octanol–water partition coefficient (Wildman–Crippen LogP) is 1.87. The molecular weight excluding hydrogens is 306 g/mol. The monoisotopic (exact) mass is 317 g/mol. The first-order valence-corrected chi connectivity index (χ1v) is 7.25. The lowest BCUT2D eigenvalue weighted by atomic mass is 10.2. The quantitative estimate of drug-likeness (QED) is 0.923. The van der Waals surface area contributed by atoms with Crippen LogP contribution in [0.25, 0.3) is 0 Å². The van der Waals surface area contributed by atoms with Crippen LogP contribution in [-0.2, 0) is 9.84 Å². The second-order valence-electron chi connectivity index (χ2n) is 4.32. The first-order valence-electron chi connectivity index (χ1n) is 4.80. The Morgan fingerprint density at radius 1 is 1.47 bits per heavy atom. The summed E-state index contributed by atoms with van der Waals surface area (Å²) in [5, 5.41) is 18.5. The van der Waals surface area contributed by atoms with E-state index in [9.17, 15) is 13.5 Å². The second-order valence-corrected chi connectivity index (χ2v) is 7.20. The van der Waals surface area contributed by atoms with Crippen molar-refractivity contribution in [1.82, 2.24) is 0 Å². The number of aliphatic hydroxyl groups is 1. The summed E-state index contributed by atoms with van der Waals surface area (Å²) in [5.41, 5.74) is -1.26. The van der Waals surface area contributed by atoms with Crippen LogP contribution in [0.2, 0.25) is 0 Å². The average Bonchev–Trinajstić information content (AvgIpc) is 2.14. The maximum atomic E-state index is 12.0. The van der Waals surface area contributed by atoms with Gasteiger partial charge in [-0.3, -0.25) is 0 Å². The van der Waals surface area contributed by atoms with Crippen molar-refractivity contribution in [2.75, 3.05) is 5.75 Å². The second kappa shape index (κ2) is 4.77. The highest BCUT2D eigenvalue weighted by atomic mass is 79.9. The van der Waals surface area contributed by atoms with E-state index < -0.39 is 21.2 Å². The minimum absolute atomic E-state index is 0.0588. The van der Waals surface area contributed by atoms with Crippen molar-refractivity contribution in [3.05, 3.63) is 28.2 Å². The Hall–Kier alpha value is -0.900. The molecule has 0 fully saturated rings. The number of hydrogen-bond donors (Lipinski definition) is 1. The van der Waals surface area contributed by atoms with Crippen molar-refractivity contribution in [2.24, 2.45) is 0 Å². The van der Waals surface area contributed by atoms with Gasteiger partial charge in [0.25, 0.3) is 0 Å². The molecule has 1 rings (SSSR count). The van der Waals surface area contributed by atoms with E-state index in [0.29, 0.717) is 4.47 Å². The largest absolute Gasteiger partial charge is 0.389 e. The van der Waals surface area contributed by atoms with Crippen molar-refractivity contribution < 1.29 is 13.5 Å². The van der Waals surface area contributed by atoms with E-state index in [4.69, 9.17) is 5.26 Å². The zero-order valence-electron chi connectivity index (χ0n) is 9.44. The van der Waals surface area contributed by atoms with Gasteiger partial charge in [0, 0.05) is 4.47 Å². The molecule has 4 nitrogen and oxygen atoms in total. The SMILES string of the molecule is CC(C)(O)CS(=O)(=O)c1cc(Br)ccc1C#N. The minimum atomic E-state index is -3.69. The van der Waals surface area contributed by atoms with Gasteiger partial charge in [-0.15, -0.1) is 0 Å². The van der Waals surface area contributed by atoms with Crippen LogP contribution in [0, 0.1) is 11.3 Å². The fourth-order valence-corrected chi connectivity index (χ4v) is 3.74. The first-order chi connectivity index (χ1) is 7.65. The molecule has 92 valence electrons. The number of halogens is 1. The van der Waals surface area contributed by atoms with Gasteiger partial charge in [0.15, 0.2) is 9.84 Å². The van der Waals surface area contributed by atoms with E-state index in [0.717, 1.165) is 0 Å². The van der Waals surface area contributed by atoms with Gasteiger partial charge in [-0.25, -0.2) is 8.42 Å². The molecule has 0 aliphatic carbocycles. The van der Waals surface area contributed by atoms with Crippen LogP contribution in [0.3, 0.4) is 0 Å². The van der Waals surface area contributed by atoms with Crippen molar-refractivity contribution in [1.29, 1.82) is 5.26 Å². The molecule has 1 N–H and O–H groups in total. The minimum Gasteiger partial charge on any atom is -0.389 e. The van der Waals surface area contributed by atoms with E-state index in [2.05, 4.69) is 15.9 Å². The normalized spacial score (nSPS) is 12.2. The van der Waals surface area contributed by atoms with Gasteiger partial charge >= 0.3 is 0 Å². The number of benzene rings is 1. The standard InChI is InChI=1S/C11H12BrNO3S/c1-11(2,14)7-17(15,16)10-5-9(12)4-3-8(10)6-13/h3-5,14H,7H2,1-2H3. The summed E-state index contributed by atoms with van der Waals surface area (Å²) in [6.45, 7) is 2.82. The lowest BCUT2D eigenvalue weighted by Crippen LogP contribution is -2.30. The number of hydrogen-bond acceptors (Lipinski definition) is 4. The molecule has 0 spiro atoms. The topological polar surface area (TPSA) is 78.2 Å². The highest BCUT2D eigenvalue weighted by Crippen LogP contribution is 2.23. The summed E-state index contributed by atoms with van der Waals surface area (Å²) in [6.07, 6.45) is 0. The molecule has 0 heterocycles. The Bertz CT molecular complexity index is 567. The third-order valence-electron chi connectivity index (χ3n) is 1.94. The van der Waals surface area contributed by atoms with E-state index >= 15 is 0 Å². The zero-order chi connectivity index (χ0) is 13.3. The third-order valence-corrected chi connectivity index (χ3v) is 4.53. The van der Waals surface area contributed by atoms with E-state index in [1.54, 1.807) is 6.07 Å². The van der Waals surface area contributed by atoms with Gasteiger partial charge in [-0.2, -0.15) is 5.26 Å². The number of rotatable bonds is 3. The molecule has 6 heteroatoms.